The number of rotatable bonds is 10. The highest BCUT2D eigenvalue weighted by molar-refractivity contribution is 6.29. The Hall–Kier alpha value is -9.21. The lowest BCUT2D eigenvalue weighted by atomic mass is 9.88. The third-order valence-corrected chi connectivity index (χ3v) is 11.1. The first kappa shape index (κ1) is 49.2. The molecule has 0 unspecified atom stereocenters. The van der Waals surface area contributed by atoms with Gasteiger partial charge in [-0.05, 0) is 130 Å². The minimum Gasteiger partial charge on any atom is -0.384 e. The summed E-state index contributed by atoms with van der Waals surface area (Å²) in [6.07, 6.45) is 13.0. The molecule has 8 rings (SSSR count). The van der Waals surface area contributed by atoms with Crippen LogP contribution >= 0.6 is 11.6 Å². The summed E-state index contributed by atoms with van der Waals surface area (Å²) in [7, 11) is 0. The molecule has 340 valence electrons. The molecule has 4 aromatic carbocycles. The van der Waals surface area contributed by atoms with Crippen LogP contribution in [0.5, 0.6) is 0 Å². The molecule has 7 N–H and O–H groups in total. The van der Waals surface area contributed by atoms with Gasteiger partial charge in [0.05, 0.1) is 34.3 Å². The lowest BCUT2D eigenvalue weighted by Crippen LogP contribution is -2.04. The third kappa shape index (κ3) is 11.8. The number of hydrogen-bond acceptors (Lipinski definition) is 14. The molecule has 0 bridgehead atoms. The zero-order valence-electron chi connectivity index (χ0n) is 38.5. The average Bonchev–Trinajstić information content (AvgIpc) is 3.37. The second-order valence-electron chi connectivity index (χ2n) is 15.2. The fraction of sp³-hybridized carbons (Fsp3) is 0.148. The van der Waals surface area contributed by atoms with Gasteiger partial charge in [-0.2, -0.15) is 26.0 Å². The molecular weight excluding hydrogens is 880 g/mol. The van der Waals surface area contributed by atoms with Crippen molar-refractivity contribution in [1.29, 1.82) is 21.0 Å². The molecule has 0 aliphatic rings. The third-order valence-electron chi connectivity index (χ3n) is 10.9. The van der Waals surface area contributed by atoms with Gasteiger partial charge in [-0.25, -0.2) is 24.9 Å². The van der Waals surface area contributed by atoms with Crippen molar-refractivity contribution in [3.05, 3.63) is 159 Å². The fourth-order valence-electron chi connectivity index (χ4n) is 7.76. The number of nitrogens with zero attached hydrogens (tertiary/aromatic N) is 10. The number of nitrogens with two attached hydrogens (primary N) is 3. The maximum absolute atomic E-state index is 8.99. The molecule has 0 fully saturated rings. The molecule has 0 saturated heterocycles. The number of aromatic nitrogens is 6. The quantitative estimate of drug-likeness (QED) is 0.0734. The molecule has 0 atom stereocenters. The van der Waals surface area contributed by atoms with E-state index in [1.54, 1.807) is 24.3 Å². The van der Waals surface area contributed by atoms with Gasteiger partial charge in [-0.3, -0.25) is 0 Å². The summed E-state index contributed by atoms with van der Waals surface area (Å²) < 4.78 is 0. The molecule has 14 nitrogen and oxygen atoms in total. The van der Waals surface area contributed by atoms with Gasteiger partial charge in [0.2, 0.25) is 11.2 Å². The molecule has 0 spiro atoms. The maximum Gasteiger partial charge on any atom is 0.230 e. The Morgan fingerprint density at radius 1 is 0.565 bits per heavy atom. The first-order chi connectivity index (χ1) is 33.5. The number of hydrogen-bond donors (Lipinski definition) is 4. The number of halogens is 1. The number of anilines is 5. The Morgan fingerprint density at radius 2 is 1.03 bits per heavy atom. The van der Waals surface area contributed by atoms with Gasteiger partial charge in [-0.1, -0.05) is 76.2 Å². The summed E-state index contributed by atoms with van der Waals surface area (Å²) in [5.41, 5.74) is 31.2. The average molecular weight is 928 g/mol. The second kappa shape index (κ2) is 23.3. The van der Waals surface area contributed by atoms with E-state index in [9.17, 15) is 0 Å². The van der Waals surface area contributed by atoms with E-state index in [1.165, 1.54) is 46.8 Å². The van der Waals surface area contributed by atoms with Crippen LogP contribution in [0.15, 0.2) is 109 Å². The van der Waals surface area contributed by atoms with Gasteiger partial charge in [0.1, 0.15) is 35.4 Å². The summed E-state index contributed by atoms with van der Waals surface area (Å²) in [6.45, 7) is 8.48. The van der Waals surface area contributed by atoms with Crippen molar-refractivity contribution in [2.24, 2.45) is 0 Å². The van der Waals surface area contributed by atoms with Crippen molar-refractivity contribution in [3.63, 3.8) is 0 Å². The van der Waals surface area contributed by atoms with E-state index in [1.807, 2.05) is 54.6 Å². The fourth-order valence-corrected chi connectivity index (χ4v) is 7.93. The van der Waals surface area contributed by atoms with Crippen LogP contribution in [-0.4, -0.2) is 29.9 Å². The second-order valence-corrected chi connectivity index (χ2v) is 15.6. The standard InChI is InChI=1S/C27H23N7.C21H19ClN4.C6H5N3/c1-3-19-13-17(7-6-12-28)14-20(4-2)24(19)21-8-5-9-22-25(21)33-27(34-26(22)30)32-23-11-10-18(15-29)16-31-23;1-3-14-11-13(7-6-10-23)12-15(4-2)18(14)16-8-5-9-17-19(16)25-21(22)26-20(17)24;7-3-5-1-2-6(8)9-4-5/h5-11,13-14,16H,3-4H2,1-2H3,(H3,30,31,32,33,34);5-9,11-12H,3-4H2,1-2H3,(H2,24,25,26);1-2,4H,(H2,8,9)/b2*7-6+;. The van der Waals surface area contributed by atoms with E-state index in [0.717, 1.165) is 80.9 Å². The van der Waals surface area contributed by atoms with Crippen molar-refractivity contribution < 1.29 is 0 Å². The molecule has 15 heteroatoms. The zero-order chi connectivity index (χ0) is 49.5. The van der Waals surface area contributed by atoms with E-state index >= 15 is 0 Å². The van der Waals surface area contributed by atoms with Crippen LogP contribution in [0.25, 0.3) is 56.2 Å². The first-order valence-electron chi connectivity index (χ1n) is 22.0. The summed E-state index contributed by atoms with van der Waals surface area (Å²) in [4.78, 5) is 25.7. The smallest absolute Gasteiger partial charge is 0.230 e. The molecule has 0 aliphatic carbocycles. The number of aryl methyl sites for hydroxylation is 4. The molecule has 4 aromatic heterocycles. The number of nitrogens with one attached hydrogen (secondary N) is 1. The van der Waals surface area contributed by atoms with Crippen LogP contribution in [0, 0.1) is 45.3 Å². The van der Waals surface area contributed by atoms with Gasteiger partial charge in [-0.15, -0.1) is 0 Å². The highest BCUT2D eigenvalue weighted by Gasteiger charge is 2.18. The van der Waals surface area contributed by atoms with Crippen molar-refractivity contribution in [2.45, 2.75) is 53.4 Å². The molecule has 0 amide bonds. The van der Waals surface area contributed by atoms with Gasteiger partial charge in [0.25, 0.3) is 0 Å². The van der Waals surface area contributed by atoms with Crippen LogP contribution in [0.4, 0.5) is 29.2 Å². The number of para-hydroxylation sites is 2. The minimum atomic E-state index is 0.145. The van der Waals surface area contributed by atoms with Crippen LogP contribution in [0.1, 0.15) is 72.2 Å². The topological polar surface area (TPSA) is 263 Å². The Labute approximate surface area is 405 Å². The Kier molecular flexibility index (Phi) is 16.6. The van der Waals surface area contributed by atoms with E-state index in [0.29, 0.717) is 40.3 Å². The number of benzene rings is 4. The van der Waals surface area contributed by atoms with Gasteiger partial charge in [0.15, 0.2) is 0 Å². The first-order valence-corrected chi connectivity index (χ1v) is 22.3. The number of nitrogen functional groups attached to an aromatic ring is 3. The van der Waals surface area contributed by atoms with Crippen LogP contribution in [-0.2, 0) is 25.7 Å². The van der Waals surface area contributed by atoms with Gasteiger partial charge >= 0.3 is 0 Å². The number of fused-ring (bicyclic) bond motifs is 2. The predicted molar refractivity (Wildman–Crippen MR) is 276 cm³/mol. The SMILES string of the molecule is CCc1cc(/C=C/C#N)cc(CC)c1-c1cccc2c(N)nc(Cl)nc12.CCc1cc(/C=C/C#N)cc(CC)c1-c1cccc2c(N)nc(Nc3ccc(C#N)cn3)nc12.N#Cc1ccc(N)nc1. The molecule has 8 aromatic rings. The number of nitriles is 4. The molecular formula is C54H47ClN14. The van der Waals surface area contributed by atoms with Gasteiger partial charge < -0.3 is 22.5 Å². The highest BCUT2D eigenvalue weighted by Crippen LogP contribution is 2.38. The molecule has 69 heavy (non-hydrogen) atoms. The Balaban J connectivity index is 0.000000196. The Bertz CT molecular complexity index is 3340. The van der Waals surface area contributed by atoms with Crippen molar-refractivity contribution in [1.82, 2.24) is 29.9 Å². The van der Waals surface area contributed by atoms with Crippen LogP contribution < -0.4 is 22.5 Å². The largest absolute Gasteiger partial charge is 0.384 e. The monoisotopic (exact) mass is 926 g/mol. The summed E-state index contributed by atoms with van der Waals surface area (Å²) >= 11 is 6.07. The van der Waals surface area contributed by atoms with E-state index in [-0.39, 0.29) is 5.28 Å². The Morgan fingerprint density at radius 3 is 1.45 bits per heavy atom. The number of allylic oxidation sites excluding steroid dienone is 2. The molecule has 0 aliphatic heterocycles. The molecule has 4 heterocycles. The summed E-state index contributed by atoms with van der Waals surface area (Å²) in [5.74, 6) is 2.04. The summed E-state index contributed by atoms with van der Waals surface area (Å²) in [5, 5.41) is 39.8. The van der Waals surface area contributed by atoms with Crippen LogP contribution in [0.3, 0.4) is 0 Å². The van der Waals surface area contributed by atoms with Crippen molar-refractivity contribution in [2.75, 3.05) is 22.5 Å². The normalized spacial score (nSPS) is 10.6. The highest BCUT2D eigenvalue weighted by atomic mass is 35.5. The lowest BCUT2D eigenvalue weighted by molar-refractivity contribution is 1.09. The summed E-state index contributed by atoms with van der Waals surface area (Å²) in [6, 6.07) is 35.0. The molecule has 0 radical (unpaired) electrons. The maximum atomic E-state index is 8.99. The van der Waals surface area contributed by atoms with E-state index in [4.69, 9.17) is 54.8 Å². The predicted octanol–water partition coefficient (Wildman–Crippen LogP) is 11.3. The number of pyridine rings is 2. The van der Waals surface area contributed by atoms with Crippen molar-refractivity contribution in [3.8, 4) is 46.5 Å². The van der Waals surface area contributed by atoms with Gasteiger partial charge in [0, 0.05) is 46.4 Å². The minimum absolute atomic E-state index is 0.145. The van der Waals surface area contributed by atoms with Crippen molar-refractivity contribution >= 4 is 74.8 Å². The van der Waals surface area contributed by atoms with E-state index < -0.39 is 0 Å². The zero-order valence-corrected chi connectivity index (χ0v) is 39.2. The molecule has 0 saturated carbocycles. The van der Waals surface area contributed by atoms with Crippen LogP contribution in [0.2, 0.25) is 5.28 Å². The van der Waals surface area contributed by atoms with E-state index in [2.05, 4.69) is 100 Å². The lowest BCUT2D eigenvalue weighted by Gasteiger charge is -2.17.